The molecule has 1 saturated carbocycles. The smallest absolute Gasteiger partial charge is 0.246 e. The third-order valence-electron chi connectivity index (χ3n) is 4.05. The monoisotopic (exact) mass is 247 g/mol. The normalized spacial score (nSPS) is 22.9. The number of nitrogens with zero attached hydrogens (tertiary/aromatic N) is 1. The van der Waals surface area contributed by atoms with E-state index in [-0.39, 0.29) is 5.91 Å². The topological polar surface area (TPSA) is 20.3 Å². The molecular formula is C16H25NO. The van der Waals surface area contributed by atoms with Crippen LogP contribution in [0.4, 0.5) is 0 Å². The van der Waals surface area contributed by atoms with Gasteiger partial charge in [-0.3, -0.25) is 4.79 Å². The van der Waals surface area contributed by atoms with Gasteiger partial charge in [0.05, 0.1) is 0 Å². The van der Waals surface area contributed by atoms with E-state index in [0.29, 0.717) is 0 Å². The van der Waals surface area contributed by atoms with Crippen LogP contribution in [-0.2, 0) is 4.79 Å². The minimum atomic E-state index is 0.193. The predicted octanol–water partition coefficient (Wildman–Crippen LogP) is 3.69. The molecule has 2 heteroatoms. The van der Waals surface area contributed by atoms with Gasteiger partial charge in [-0.1, -0.05) is 31.4 Å². The molecule has 2 nitrogen and oxygen atoms in total. The maximum Gasteiger partial charge on any atom is 0.246 e. The molecule has 2 fully saturated rings. The van der Waals surface area contributed by atoms with Crippen LogP contribution < -0.4 is 0 Å². The second-order valence-electron chi connectivity index (χ2n) is 5.68. The lowest BCUT2D eigenvalue weighted by atomic mass is 9.89. The summed E-state index contributed by atoms with van der Waals surface area (Å²) in [7, 11) is 0. The van der Waals surface area contributed by atoms with Crippen molar-refractivity contribution in [1.29, 1.82) is 0 Å². The molecule has 0 aromatic heterocycles. The fraction of sp³-hybridized carbons (Fsp3) is 0.688. The molecule has 100 valence electrons. The molecule has 1 saturated heterocycles. The quantitative estimate of drug-likeness (QED) is 0.550. The number of likely N-dealkylation sites (tertiary alicyclic amines) is 1. The fourth-order valence-corrected chi connectivity index (χ4v) is 2.89. The van der Waals surface area contributed by atoms with Crippen LogP contribution in [0, 0.1) is 5.92 Å². The van der Waals surface area contributed by atoms with Crippen molar-refractivity contribution in [3.05, 3.63) is 23.8 Å². The van der Waals surface area contributed by atoms with Crippen LogP contribution in [0.15, 0.2) is 23.8 Å². The van der Waals surface area contributed by atoms with Gasteiger partial charge in [0.1, 0.15) is 0 Å². The van der Waals surface area contributed by atoms with E-state index in [4.69, 9.17) is 0 Å². The summed E-state index contributed by atoms with van der Waals surface area (Å²) in [6.07, 6.45) is 15.3. The van der Waals surface area contributed by atoms with Crippen molar-refractivity contribution in [1.82, 2.24) is 4.90 Å². The first kappa shape index (κ1) is 13.4. The van der Waals surface area contributed by atoms with Gasteiger partial charge < -0.3 is 4.90 Å². The third kappa shape index (κ3) is 4.01. The van der Waals surface area contributed by atoms with E-state index in [0.717, 1.165) is 37.4 Å². The van der Waals surface area contributed by atoms with Crippen molar-refractivity contribution in [3.63, 3.8) is 0 Å². The van der Waals surface area contributed by atoms with Crippen LogP contribution in [0.3, 0.4) is 0 Å². The summed E-state index contributed by atoms with van der Waals surface area (Å²) in [5.74, 6) is 0.933. The Morgan fingerprint density at radius 1 is 1.06 bits per heavy atom. The van der Waals surface area contributed by atoms with Crippen LogP contribution in [0.5, 0.6) is 0 Å². The molecule has 1 heterocycles. The summed E-state index contributed by atoms with van der Waals surface area (Å²) < 4.78 is 0. The van der Waals surface area contributed by atoms with Crippen molar-refractivity contribution in [2.45, 2.75) is 51.9 Å². The molecule has 0 N–H and O–H groups in total. The second kappa shape index (κ2) is 6.77. The van der Waals surface area contributed by atoms with Crippen LogP contribution in [-0.4, -0.2) is 23.9 Å². The summed E-state index contributed by atoms with van der Waals surface area (Å²) in [4.78, 5) is 13.9. The average molecular weight is 247 g/mol. The number of hydrogen-bond acceptors (Lipinski definition) is 1. The maximum atomic E-state index is 11.9. The number of amides is 1. The largest absolute Gasteiger partial charge is 0.339 e. The lowest BCUT2D eigenvalue weighted by Gasteiger charge is -2.17. The third-order valence-corrected chi connectivity index (χ3v) is 4.05. The maximum absolute atomic E-state index is 11.9. The summed E-state index contributed by atoms with van der Waals surface area (Å²) in [5.41, 5.74) is 1.09. The summed E-state index contributed by atoms with van der Waals surface area (Å²) in [6.45, 7) is 3.91. The van der Waals surface area contributed by atoms with E-state index >= 15 is 0 Å². The van der Waals surface area contributed by atoms with Crippen LogP contribution in [0.1, 0.15) is 51.9 Å². The number of rotatable bonds is 3. The van der Waals surface area contributed by atoms with E-state index in [2.05, 4.69) is 12.2 Å². The van der Waals surface area contributed by atoms with Crippen molar-refractivity contribution >= 4 is 5.91 Å². The zero-order valence-corrected chi connectivity index (χ0v) is 11.5. The standard InChI is InChI=1S/C16H25NO/c1-14(9-10-15-7-3-2-4-8-15)13-16(18)17-11-5-6-12-17/h9-10,13,15H,2-8,11-12H2,1H3/b10-9+,14-13-. The predicted molar refractivity (Wildman–Crippen MR) is 75.3 cm³/mol. The van der Waals surface area contributed by atoms with Gasteiger partial charge in [0.15, 0.2) is 0 Å². The summed E-state index contributed by atoms with van der Waals surface area (Å²) in [5, 5.41) is 0. The lowest BCUT2D eigenvalue weighted by molar-refractivity contribution is -0.125. The molecule has 0 radical (unpaired) electrons. The van der Waals surface area contributed by atoms with Gasteiger partial charge in [0, 0.05) is 19.2 Å². The Morgan fingerprint density at radius 2 is 1.72 bits per heavy atom. The molecule has 0 bridgehead atoms. The summed E-state index contributed by atoms with van der Waals surface area (Å²) in [6, 6.07) is 0. The first-order valence-corrected chi connectivity index (χ1v) is 7.41. The highest BCUT2D eigenvalue weighted by atomic mass is 16.2. The SMILES string of the molecule is CC(=C/C(=O)N1CCCC1)/C=C/C1CCCCC1. The van der Waals surface area contributed by atoms with Gasteiger partial charge in [-0.2, -0.15) is 0 Å². The highest BCUT2D eigenvalue weighted by molar-refractivity contribution is 5.88. The van der Waals surface area contributed by atoms with Gasteiger partial charge >= 0.3 is 0 Å². The minimum Gasteiger partial charge on any atom is -0.339 e. The van der Waals surface area contributed by atoms with Gasteiger partial charge in [0.25, 0.3) is 0 Å². The molecule has 0 atom stereocenters. The molecule has 0 unspecified atom stereocenters. The molecule has 2 rings (SSSR count). The first-order valence-electron chi connectivity index (χ1n) is 7.41. The molecule has 18 heavy (non-hydrogen) atoms. The van der Waals surface area contributed by atoms with E-state index < -0.39 is 0 Å². The number of carbonyl (C=O) groups excluding carboxylic acids is 1. The van der Waals surface area contributed by atoms with E-state index in [1.165, 1.54) is 32.1 Å². The Morgan fingerprint density at radius 3 is 2.39 bits per heavy atom. The van der Waals surface area contributed by atoms with Crippen molar-refractivity contribution in [2.24, 2.45) is 5.92 Å². The van der Waals surface area contributed by atoms with Crippen molar-refractivity contribution < 1.29 is 4.79 Å². The molecular weight excluding hydrogens is 222 g/mol. The average Bonchev–Trinajstić information content (AvgIpc) is 2.91. The Balaban J connectivity index is 1.83. The zero-order chi connectivity index (χ0) is 12.8. The zero-order valence-electron chi connectivity index (χ0n) is 11.5. The van der Waals surface area contributed by atoms with Gasteiger partial charge in [-0.15, -0.1) is 0 Å². The van der Waals surface area contributed by atoms with Gasteiger partial charge in [0.2, 0.25) is 5.91 Å². The van der Waals surface area contributed by atoms with Gasteiger partial charge in [-0.25, -0.2) is 0 Å². The molecule has 2 aliphatic rings. The number of hydrogen-bond donors (Lipinski definition) is 0. The highest BCUT2D eigenvalue weighted by Crippen LogP contribution is 2.24. The van der Waals surface area contributed by atoms with Crippen LogP contribution in [0.25, 0.3) is 0 Å². The number of carbonyl (C=O) groups is 1. The number of allylic oxidation sites excluding steroid dienone is 3. The molecule has 0 aromatic carbocycles. The van der Waals surface area contributed by atoms with Crippen LogP contribution >= 0.6 is 0 Å². The molecule has 0 spiro atoms. The van der Waals surface area contributed by atoms with E-state index in [1.54, 1.807) is 6.08 Å². The molecule has 1 amide bonds. The lowest BCUT2D eigenvalue weighted by Crippen LogP contribution is -2.25. The molecule has 1 aliphatic carbocycles. The van der Waals surface area contributed by atoms with E-state index in [1.807, 2.05) is 11.8 Å². The van der Waals surface area contributed by atoms with Crippen LogP contribution in [0.2, 0.25) is 0 Å². The van der Waals surface area contributed by atoms with Crippen molar-refractivity contribution in [2.75, 3.05) is 13.1 Å². The molecule has 0 aromatic rings. The Kier molecular flexibility index (Phi) is 5.03. The van der Waals surface area contributed by atoms with Crippen molar-refractivity contribution in [3.8, 4) is 0 Å². The Labute approximate surface area is 111 Å². The second-order valence-corrected chi connectivity index (χ2v) is 5.68. The molecule has 1 aliphatic heterocycles. The Hall–Kier alpha value is -1.05. The first-order chi connectivity index (χ1) is 8.75. The minimum absolute atomic E-state index is 0.193. The highest BCUT2D eigenvalue weighted by Gasteiger charge is 2.15. The van der Waals surface area contributed by atoms with Gasteiger partial charge in [-0.05, 0) is 44.1 Å². The van der Waals surface area contributed by atoms with E-state index in [9.17, 15) is 4.79 Å². The Bertz CT molecular complexity index is 331. The summed E-state index contributed by atoms with van der Waals surface area (Å²) >= 11 is 0. The fourth-order valence-electron chi connectivity index (χ4n) is 2.89.